The molecule has 1 heterocycles. The average molecular weight is 417 g/mol. The van der Waals surface area contributed by atoms with Crippen LogP contribution in [0.1, 0.15) is 36.5 Å². The van der Waals surface area contributed by atoms with Crippen LogP contribution in [0.4, 0.5) is 5.82 Å². The Morgan fingerprint density at radius 1 is 1.07 bits per heavy atom. The fourth-order valence-electron chi connectivity index (χ4n) is 2.83. The molecule has 0 saturated heterocycles. The predicted octanol–water partition coefficient (Wildman–Crippen LogP) is 5.35. The SMILES string of the molecule is CCCCCNC(=O)c1ccc(-n2nc(-c3ccc(Cl)c(Cl)c3)cc2N)cc1. The van der Waals surface area contributed by atoms with Crippen molar-refractivity contribution in [2.45, 2.75) is 26.2 Å². The second-order valence-corrected chi connectivity index (χ2v) is 7.32. The van der Waals surface area contributed by atoms with E-state index in [-0.39, 0.29) is 5.91 Å². The van der Waals surface area contributed by atoms with Crippen LogP contribution in [-0.2, 0) is 0 Å². The molecule has 0 aliphatic rings. The van der Waals surface area contributed by atoms with Gasteiger partial charge in [0.1, 0.15) is 5.82 Å². The molecule has 5 nitrogen and oxygen atoms in total. The molecule has 7 heteroatoms. The fraction of sp³-hybridized carbons (Fsp3) is 0.238. The molecular weight excluding hydrogens is 395 g/mol. The topological polar surface area (TPSA) is 72.9 Å². The van der Waals surface area contributed by atoms with E-state index in [1.54, 1.807) is 35.0 Å². The van der Waals surface area contributed by atoms with Crippen LogP contribution in [0.15, 0.2) is 48.5 Å². The molecule has 28 heavy (non-hydrogen) atoms. The molecule has 0 aliphatic carbocycles. The van der Waals surface area contributed by atoms with E-state index >= 15 is 0 Å². The van der Waals surface area contributed by atoms with E-state index in [4.69, 9.17) is 28.9 Å². The van der Waals surface area contributed by atoms with Crippen LogP contribution < -0.4 is 11.1 Å². The Morgan fingerprint density at radius 2 is 1.82 bits per heavy atom. The lowest BCUT2D eigenvalue weighted by molar-refractivity contribution is 0.0953. The van der Waals surface area contributed by atoms with E-state index in [1.165, 1.54) is 0 Å². The molecule has 0 bridgehead atoms. The van der Waals surface area contributed by atoms with Gasteiger partial charge in [-0.05, 0) is 42.8 Å². The van der Waals surface area contributed by atoms with Gasteiger partial charge in [-0.15, -0.1) is 0 Å². The second kappa shape index (κ2) is 9.13. The number of carbonyl (C=O) groups excluding carboxylic acids is 1. The lowest BCUT2D eigenvalue weighted by atomic mass is 10.1. The predicted molar refractivity (Wildman–Crippen MR) is 115 cm³/mol. The van der Waals surface area contributed by atoms with E-state index < -0.39 is 0 Å². The average Bonchev–Trinajstić information content (AvgIpc) is 3.09. The van der Waals surface area contributed by atoms with Crippen LogP contribution in [-0.4, -0.2) is 22.2 Å². The molecule has 3 aromatic rings. The van der Waals surface area contributed by atoms with Gasteiger partial charge in [-0.25, -0.2) is 4.68 Å². The number of rotatable bonds is 7. The standard InChI is InChI=1S/C21H22Cl2N4O/c1-2-3-4-11-25-21(28)14-5-8-16(9-6-14)27-20(24)13-19(26-27)15-7-10-17(22)18(23)12-15/h5-10,12-13H,2-4,11,24H2,1H3,(H,25,28). The van der Waals surface area contributed by atoms with Crippen molar-refractivity contribution in [1.29, 1.82) is 0 Å². The van der Waals surface area contributed by atoms with Crippen molar-refractivity contribution in [3.63, 3.8) is 0 Å². The number of amides is 1. The minimum atomic E-state index is -0.0763. The number of nitrogen functional groups attached to an aromatic ring is 1. The molecule has 0 saturated carbocycles. The van der Waals surface area contributed by atoms with Crippen molar-refractivity contribution in [2.24, 2.45) is 0 Å². The van der Waals surface area contributed by atoms with Crippen LogP contribution in [0.5, 0.6) is 0 Å². The molecule has 0 fully saturated rings. The summed E-state index contributed by atoms with van der Waals surface area (Å²) in [6.07, 6.45) is 3.22. The molecule has 0 radical (unpaired) electrons. The first kappa shape index (κ1) is 20.2. The monoisotopic (exact) mass is 416 g/mol. The van der Waals surface area contributed by atoms with Gasteiger partial charge in [-0.2, -0.15) is 5.10 Å². The molecule has 2 aromatic carbocycles. The number of anilines is 1. The number of nitrogens with zero attached hydrogens (tertiary/aromatic N) is 2. The quantitative estimate of drug-likeness (QED) is 0.509. The Kier molecular flexibility index (Phi) is 6.60. The van der Waals surface area contributed by atoms with Crippen LogP contribution in [0.3, 0.4) is 0 Å². The number of aromatic nitrogens is 2. The van der Waals surface area contributed by atoms with Gasteiger partial charge in [0, 0.05) is 23.7 Å². The van der Waals surface area contributed by atoms with Crippen molar-refractivity contribution < 1.29 is 4.79 Å². The molecule has 1 aromatic heterocycles. The zero-order valence-electron chi connectivity index (χ0n) is 15.6. The lowest BCUT2D eigenvalue weighted by Crippen LogP contribution is -2.24. The summed E-state index contributed by atoms with van der Waals surface area (Å²) in [5.74, 6) is 0.408. The number of unbranched alkanes of at least 4 members (excludes halogenated alkanes) is 2. The van der Waals surface area contributed by atoms with E-state index in [0.29, 0.717) is 33.7 Å². The first-order chi connectivity index (χ1) is 13.5. The minimum Gasteiger partial charge on any atom is -0.384 e. The normalized spacial score (nSPS) is 10.8. The molecule has 0 atom stereocenters. The van der Waals surface area contributed by atoms with Crippen molar-refractivity contribution in [3.8, 4) is 16.9 Å². The Hall–Kier alpha value is -2.50. The highest BCUT2D eigenvalue weighted by Crippen LogP contribution is 2.29. The van der Waals surface area contributed by atoms with Gasteiger partial charge >= 0.3 is 0 Å². The van der Waals surface area contributed by atoms with E-state index in [0.717, 1.165) is 30.5 Å². The third kappa shape index (κ3) is 4.66. The third-order valence-corrected chi connectivity index (χ3v) is 5.13. The zero-order valence-corrected chi connectivity index (χ0v) is 17.1. The van der Waals surface area contributed by atoms with Gasteiger partial charge in [0.05, 0.1) is 21.4 Å². The van der Waals surface area contributed by atoms with Crippen molar-refractivity contribution in [1.82, 2.24) is 15.1 Å². The van der Waals surface area contributed by atoms with Crippen LogP contribution >= 0.6 is 23.2 Å². The lowest BCUT2D eigenvalue weighted by Gasteiger charge is -2.07. The fourth-order valence-corrected chi connectivity index (χ4v) is 3.13. The van der Waals surface area contributed by atoms with Gasteiger partial charge in [-0.1, -0.05) is 49.0 Å². The summed E-state index contributed by atoms with van der Waals surface area (Å²) in [5.41, 5.74) is 9.02. The molecule has 0 spiro atoms. The summed E-state index contributed by atoms with van der Waals surface area (Å²) in [7, 11) is 0. The Balaban J connectivity index is 1.76. The second-order valence-electron chi connectivity index (χ2n) is 6.51. The number of benzene rings is 2. The number of hydrogen-bond acceptors (Lipinski definition) is 3. The number of carbonyl (C=O) groups is 1. The molecule has 3 N–H and O–H groups in total. The van der Waals surface area contributed by atoms with Gasteiger partial charge in [0.25, 0.3) is 5.91 Å². The summed E-state index contributed by atoms with van der Waals surface area (Å²) < 4.78 is 1.63. The van der Waals surface area contributed by atoms with Crippen LogP contribution in [0.25, 0.3) is 16.9 Å². The molecule has 1 amide bonds. The number of halogens is 2. The first-order valence-corrected chi connectivity index (χ1v) is 9.94. The molecule has 0 unspecified atom stereocenters. The summed E-state index contributed by atoms with van der Waals surface area (Å²) in [4.78, 5) is 12.2. The number of nitrogens with two attached hydrogens (primary N) is 1. The largest absolute Gasteiger partial charge is 0.384 e. The van der Waals surface area contributed by atoms with E-state index in [2.05, 4.69) is 17.3 Å². The van der Waals surface area contributed by atoms with E-state index in [9.17, 15) is 4.79 Å². The Bertz CT molecular complexity index is 967. The van der Waals surface area contributed by atoms with Gasteiger partial charge in [0.2, 0.25) is 0 Å². The Morgan fingerprint density at radius 3 is 2.50 bits per heavy atom. The van der Waals surface area contributed by atoms with Crippen molar-refractivity contribution in [3.05, 3.63) is 64.1 Å². The van der Waals surface area contributed by atoms with Crippen molar-refractivity contribution >= 4 is 34.9 Å². The summed E-state index contributed by atoms with van der Waals surface area (Å²) in [6.45, 7) is 2.82. The first-order valence-electron chi connectivity index (χ1n) is 9.19. The van der Waals surface area contributed by atoms with Crippen LogP contribution in [0, 0.1) is 0 Å². The van der Waals surface area contributed by atoms with Crippen LogP contribution in [0.2, 0.25) is 10.0 Å². The van der Waals surface area contributed by atoms with E-state index in [1.807, 2.05) is 18.2 Å². The highest BCUT2D eigenvalue weighted by Gasteiger charge is 2.11. The summed E-state index contributed by atoms with van der Waals surface area (Å²) >= 11 is 12.1. The number of nitrogens with one attached hydrogen (secondary N) is 1. The molecular formula is C21H22Cl2N4O. The third-order valence-electron chi connectivity index (χ3n) is 4.39. The highest BCUT2D eigenvalue weighted by atomic mass is 35.5. The van der Waals surface area contributed by atoms with Crippen molar-refractivity contribution in [2.75, 3.05) is 12.3 Å². The maximum Gasteiger partial charge on any atom is 0.251 e. The summed E-state index contributed by atoms with van der Waals surface area (Å²) in [6, 6.07) is 14.3. The maximum absolute atomic E-state index is 12.2. The zero-order chi connectivity index (χ0) is 20.1. The minimum absolute atomic E-state index is 0.0763. The highest BCUT2D eigenvalue weighted by molar-refractivity contribution is 6.42. The van der Waals surface area contributed by atoms with Gasteiger partial charge < -0.3 is 11.1 Å². The smallest absolute Gasteiger partial charge is 0.251 e. The summed E-state index contributed by atoms with van der Waals surface area (Å²) in [5, 5.41) is 8.43. The Labute approximate surface area is 174 Å². The maximum atomic E-state index is 12.2. The van der Waals surface area contributed by atoms with Gasteiger partial charge in [0.15, 0.2) is 0 Å². The molecule has 146 valence electrons. The molecule has 0 aliphatic heterocycles. The van der Waals surface area contributed by atoms with Gasteiger partial charge in [-0.3, -0.25) is 4.79 Å². The molecule has 3 rings (SSSR count). The number of hydrogen-bond donors (Lipinski definition) is 2.